The fourth-order valence-corrected chi connectivity index (χ4v) is 3.42. The van der Waals surface area contributed by atoms with Crippen LogP contribution in [0.2, 0.25) is 0 Å². The summed E-state index contributed by atoms with van der Waals surface area (Å²) >= 11 is 3.07. The van der Waals surface area contributed by atoms with Crippen LogP contribution in [0.3, 0.4) is 0 Å². The Hall–Kier alpha value is -2.22. The number of nitrogens with one attached hydrogen (secondary N) is 1. The monoisotopic (exact) mass is 437 g/mol. The highest BCUT2D eigenvalue weighted by atomic mass is 79.9. The highest BCUT2D eigenvalue weighted by molar-refractivity contribution is 9.10. The molecule has 0 saturated carbocycles. The van der Waals surface area contributed by atoms with Gasteiger partial charge in [0.2, 0.25) is 0 Å². The number of imide groups is 1. The van der Waals surface area contributed by atoms with Crippen molar-refractivity contribution in [2.24, 2.45) is 0 Å². The van der Waals surface area contributed by atoms with Gasteiger partial charge in [0.05, 0.1) is 5.56 Å². The zero-order chi connectivity index (χ0) is 19.9. The van der Waals surface area contributed by atoms with Gasteiger partial charge in [0.15, 0.2) is 5.82 Å². The molecule has 0 aromatic carbocycles. The Morgan fingerprint density at radius 1 is 1.44 bits per heavy atom. The molecule has 1 unspecified atom stereocenters. The SMILES string of the molecule is CCC1CN(C(=O)OC(C)(C)C)C(=O)c2cc(-c3ccnc(Br)c3F)[nH]c21. The van der Waals surface area contributed by atoms with Gasteiger partial charge in [-0.05, 0) is 55.3 Å². The molecule has 144 valence electrons. The molecule has 1 aliphatic heterocycles. The normalized spacial score (nSPS) is 17.0. The van der Waals surface area contributed by atoms with Crippen molar-refractivity contribution in [1.29, 1.82) is 0 Å². The summed E-state index contributed by atoms with van der Waals surface area (Å²) in [6.45, 7) is 7.45. The second-order valence-electron chi connectivity index (χ2n) is 7.47. The highest BCUT2D eigenvalue weighted by Crippen LogP contribution is 2.35. The third-order valence-corrected chi connectivity index (χ3v) is 4.93. The summed E-state index contributed by atoms with van der Waals surface area (Å²) in [7, 11) is 0. The fourth-order valence-electron chi connectivity index (χ4n) is 3.09. The number of fused-ring (bicyclic) bond motifs is 1. The van der Waals surface area contributed by atoms with E-state index < -0.39 is 23.4 Å². The first kappa shape index (κ1) is 19.5. The van der Waals surface area contributed by atoms with Gasteiger partial charge in [-0.2, -0.15) is 0 Å². The van der Waals surface area contributed by atoms with Crippen LogP contribution >= 0.6 is 15.9 Å². The van der Waals surface area contributed by atoms with Gasteiger partial charge >= 0.3 is 6.09 Å². The number of aromatic nitrogens is 2. The molecule has 6 nitrogen and oxygen atoms in total. The van der Waals surface area contributed by atoms with Gasteiger partial charge in [-0.25, -0.2) is 19.1 Å². The zero-order valence-corrected chi connectivity index (χ0v) is 17.2. The number of pyridine rings is 1. The van der Waals surface area contributed by atoms with E-state index in [1.54, 1.807) is 26.8 Å². The van der Waals surface area contributed by atoms with Crippen molar-refractivity contribution >= 4 is 27.9 Å². The fraction of sp³-hybridized carbons (Fsp3) is 0.421. The maximum atomic E-state index is 14.4. The molecule has 0 spiro atoms. The lowest BCUT2D eigenvalue weighted by Crippen LogP contribution is -2.45. The van der Waals surface area contributed by atoms with Gasteiger partial charge in [-0.15, -0.1) is 0 Å². The van der Waals surface area contributed by atoms with Crippen molar-refractivity contribution < 1.29 is 18.7 Å². The van der Waals surface area contributed by atoms with Gasteiger partial charge in [0.25, 0.3) is 5.91 Å². The molecule has 1 N–H and O–H groups in total. The molecule has 2 aromatic rings. The van der Waals surface area contributed by atoms with Crippen molar-refractivity contribution in [3.05, 3.63) is 40.0 Å². The van der Waals surface area contributed by atoms with E-state index in [1.165, 1.54) is 12.3 Å². The van der Waals surface area contributed by atoms with E-state index in [1.807, 2.05) is 6.92 Å². The largest absolute Gasteiger partial charge is 0.443 e. The Morgan fingerprint density at radius 3 is 2.78 bits per heavy atom. The Kier molecular flexibility index (Phi) is 5.12. The summed E-state index contributed by atoms with van der Waals surface area (Å²) < 4.78 is 19.9. The molecule has 3 heterocycles. The van der Waals surface area contributed by atoms with Gasteiger partial charge in [-0.3, -0.25) is 4.79 Å². The number of carbonyl (C=O) groups excluding carboxylic acids is 2. The van der Waals surface area contributed by atoms with Crippen LogP contribution in [0.25, 0.3) is 11.3 Å². The summed E-state index contributed by atoms with van der Waals surface area (Å²) in [5, 5.41) is 0. The molecule has 2 amide bonds. The predicted octanol–water partition coefficient (Wildman–Crippen LogP) is 4.86. The van der Waals surface area contributed by atoms with Crippen molar-refractivity contribution in [3.63, 3.8) is 0 Å². The average Bonchev–Trinajstić information content (AvgIpc) is 3.02. The lowest BCUT2D eigenvalue weighted by atomic mass is 9.94. The second-order valence-corrected chi connectivity index (χ2v) is 8.23. The molecule has 0 aliphatic carbocycles. The molecular weight excluding hydrogens is 417 g/mol. The van der Waals surface area contributed by atoms with Crippen LogP contribution in [-0.2, 0) is 4.74 Å². The van der Waals surface area contributed by atoms with E-state index in [-0.39, 0.29) is 17.1 Å². The highest BCUT2D eigenvalue weighted by Gasteiger charge is 2.38. The smallest absolute Gasteiger partial charge is 0.417 e. The van der Waals surface area contributed by atoms with E-state index in [0.29, 0.717) is 28.9 Å². The molecule has 27 heavy (non-hydrogen) atoms. The molecule has 0 radical (unpaired) electrons. The number of aromatic amines is 1. The molecule has 1 atom stereocenters. The lowest BCUT2D eigenvalue weighted by molar-refractivity contribution is 0.0217. The number of nitrogens with zero attached hydrogens (tertiary/aromatic N) is 2. The van der Waals surface area contributed by atoms with Crippen molar-refractivity contribution in [3.8, 4) is 11.3 Å². The average molecular weight is 438 g/mol. The first-order valence-electron chi connectivity index (χ1n) is 8.70. The quantitative estimate of drug-likeness (QED) is 0.680. The van der Waals surface area contributed by atoms with Gasteiger partial charge in [0.1, 0.15) is 10.2 Å². The molecule has 8 heteroatoms. The number of rotatable bonds is 2. The van der Waals surface area contributed by atoms with Crippen LogP contribution in [0.1, 0.15) is 56.1 Å². The number of carbonyl (C=O) groups is 2. The van der Waals surface area contributed by atoms with Gasteiger partial charge in [-0.1, -0.05) is 6.92 Å². The molecule has 0 saturated heterocycles. The van der Waals surface area contributed by atoms with Crippen LogP contribution in [0, 0.1) is 5.82 Å². The first-order valence-corrected chi connectivity index (χ1v) is 9.49. The van der Waals surface area contributed by atoms with E-state index in [4.69, 9.17) is 4.74 Å². The Bertz CT molecular complexity index is 904. The van der Waals surface area contributed by atoms with Crippen molar-refractivity contribution in [2.45, 2.75) is 45.6 Å². The second kappa shape index (κ2) is 7.07. The number of hydrogen-bond acceptors (Lipinski definition) is 4. The van der Waals surface area contributed by atoms with Crippen LogP contribution in [0.15, 0.2) is 22.9 Å². The topological polar surface area (TPSA) is 75.3 Å². The van der Waals surface area contributed by atoms with Gasteiger partial charge in [0, 0.05) is 35.6 Å². The van der Waals surface area contributed by atoms with E-state index in [0.717, 1.165) is 4.90 Å². The van der Waals surface area contributed by atoms with Gasteiger partial charge < -0.3 is 9.72 Å². The number of halogens is 2. The van der Waals surface area contributed by atoms with E-state index in [9.17, 15) is 14.0 Å². The zero-order valence-electron chi connectivity index (χ0n) is 15.6. The summed E-state index contributed by atoms with van der Waals surface area (Å²) in [5.41, 5.74) is 1.15. The molecular formula is C19H21BrFN3O3. The van der Waals surface area contributed by atoms with Crippen LogP contribution in [0.5, 0.6) is 0 Å². The Labute approximate surface area is 165 Å². The number of ether oxygens (including phenoxy) is 1. The van der Waals surface area contributed by atoms with E-state index in [2.05, 4.69) is 25.9 Å². The van der Waals surface area contributed by atoms with Crippen molar-refractivity contribution in [1.82, 2.24) is 14.9 Å². The van der Waals surface area contributed by atoms with E-state index >= 15 is 0 Å². The predicted molar refractivity (Wildman–Crippen MR) is 102 cm³/mol. The summed E-state index contributed by atoms with van der Waals surface area (Å²) in [6, 6.07) is 3.12. The summed E-state index contributed by atoms with van der Waals surface area (Å²) in [5.74, 6) is -1.03. The Balaban J connectivity index is 2.01. The molecule has 1 aliphatic rings. The van der Waals surface area contributed by atoms with Crippen LogP contribution in [0.4, 0.5) is 9.18 Å². The third kappa shape index (κ3) is 3.76. The number of H-pyrrole nitrogens is 1. The maximum absolute atomic E-state index is 14.4. The minimum atomic E-state index is -0.699. The minimum Gasteiger partial charge on any atom is -0.443 e. The summed E-state index contributed by atoms with van der Waals surface area (Å²) in [6.07, 6.45) is 1.52. The van der Waals surface area contributed by atoms with Crippen molar-refractivity contribution in [2.75, 3.05) is 6.54 Å². The summed E-state index contributed by atoms with van der Waals surface area (Å²) in [4.78, 5) is 33.5. The Morgan fingerprint density at radius 2 is 2.15 bits per heavy atom. The maximum Gasteiger partial charge on any atom is 0.417 e. The minimum absolute atomic E-state index is 0.0766. The molecule has 3 rings (SSSR count). The van der Waals surface area contributed by atoms with Crippen LogP contribution in [-0.4, -0.2) is 39.0 Å². The van der Waals surface area contributed by atoms with Crippen LogP contribution < -0.4 is 0 Å². The number of hydrogen-bond donors (Lipinski definition) is 1. The lowest BCUT2D eigenvalue weighted by Gasteiger charge is -2.32. The first-order chi connectivity index (χ1) is 12.6. The molecule has 0 bridgehead atoms. The molecule has 0 fully saturated rings. The molecule has 2 aromatic heterocycles. The number of amides is 2. The third-order valence-electron chi connectivity index (χ3n) is 4.38. The standard InChI is InChI=1S/C19H21BrFN3O3/c1-5-10-9-24(18(26)27-19(2,3)4)17(25)12-8-13(23-15(10)12)11-6-7-22-16(20)14(11)21/h6-8,10,23H,5,9H2,1-4H3.